The molecule has 0 amide bonds. The number of piperazine rings is 1. The summed E-state index contributed by atoms with van der Waals surface area (Å²) in [4.78, 5) is 9.08. The number of thiazole rings is 1. The topological polar surface area (TPSA) is 87.8 Å². The predicted octanol–water partition coefficient (Wildman–Crippen LogP) is 4.37. The molecule has 1 fully saturated rings. The fourth-order valence-corrected chi connectivity index (χ4v) is 5.54. The third kappa shape index (κ3) is 5.65. The van der Waals surface area contributed by atoms with E-state index >= 15 is 0 Å². The van der Waals surface area contributed by atoms with Crippen molar-refractivity contribution >= 4 is 32.3 Å². The van der Waals surface area contributed by atoms with Gasteiger partial charge in [0, 0.05) is 44.4 Å². The summed E-state index contributed by atoms with van der Waals surface area (Å²) in [5, 5.41) is 22.5. The fourth-order valence-electron chi connectivity index (χ4n) is 4.73. The van der Waals surface area contributed by atoms with E-state index < -0.39 is 6.10 Å². The van der Waals surface area contributed by atoms with Gasteiger partial charge >= 0.3 is 0 Å². The Kier molecular flexibility index (Phi) is 6.84. The van der Waals surface area contributed by atoms with Crippen LogP contribution in [-0.2, 0) is 6.54 Å². The number of ether oxygens (including phenoxy) is 1. The van der Waals surface area contributed by atoms with E-state index in [9.17, 15) is 5.11 Å². The molecule has 1 N–H and O–H groups in total. The Hall–Kier alpha value is -3.37. The maximum Gasteiger partial charge on any atom is 0.247 e. The number of nitrogens with zero attached hydrogens (tertiary/aromatic N) is 5. The quantitative estimate of drug-likeness (QED) is 0.326. The molecule has 0 aliphatic carbocycles. The lowest BCUT2D eigenvalue weighted by Gasteiger charge is -2.34. The first-order valence-corrected chi connectivity index (χ1v) is 13.3. The van der Waals surface area contributed by atoms with Crippen LogP contribution in [0.2, 0.25) is 0 Å². The van der Waals surface area contributed by atoms with E-state index in [-0.39, 0.29) is 6.61 Å². The number of rotatable bonds is 8. The lowest BCUT2D eigenvalue weighted by molar-refractivity contribution is 0.0431. The molecule has 1 saturated heterocycles. The van der Waals surface area contributed by atoms with Gasteiger partial charge < -0.3 is 14.3 Å². The molecule has 0 saturated carbocycles. The largest absolute Gasteiger partial charge is 0.491 e. The highest BCUT2D eigenvalue weighted by Gasteiger charge is 2.21. The second kappa shape index (κ2) is 10.5. The molecule has 1 aliphatic rings. The number of fused-ring (bicyclic) bond motifs is 2. The van der Waals surface area contributed by atoms with Crippen LogP contribution < -0.4 is 4.74 Å². The van der Waals surface area contributed by atoms with Crippen LogP contribution in [0, 0.1) is 6.92 Å². The first-order valence-electron chi connectivity index (χ1n) is 12.5. The Bertz CT molecular complexity index is 1510. The van der Waals surface area contributed by atoms with Crippen LogP contribution in [0.4, 0.5) is 0 Å². The molecule has 1 atom stereocenters. The molecule has 1 aliphatic heterocycles. The molecular formula is C28H29N5O3S. The van der Waals surface area contributed by atoms with Crippen molar-refractivity contribution in [2.24, 2.45) is 0 Å². The Morgan fingerprint density at radius 1 is 0.973 bits per heavy atom. The number of β-amino-alcohol motifs (C(OH)–C–C–N with tert-alkyl or cyclic N) is 1. The number of aliphatic hydroxyl groups is 1. The molecular weight excluding hydrogens is 486 g/mol. The molecule has 0 radical (unpaired) electrons. The average Bonchev–Trinajstić information content (AvgIpc) is 3.53. The second-order valence-corrected chi connectivity index (χ2v) is 10.7. The van der Waals surface area contributed by atoms with Gasteiger partial charge in [-0.05, 0) is 42.0 Å². The van der Waals surface area contributed by atoms with E-state index in [4.69, 9.17) is 9.15 Å². The zero-order chi connectivity index (χ0) is 25.2. The Morgan fingerprint density at radius 3 is 2.65 bits per heavy atom. The zero-order valence-corrected chi connectivity index (χ0v) is 21.5. The molecule has 37 heavy (non-hydrogen) atoms. The van der Waals surface area contributed by atoms with Crippen LogP contribution in [0.25, 0.3) is 32.4 Å². The molecule has 0 bridgehead atoms. The summed E-state index contributed by atoms with van der Waals surface area (Å²) in [6.07, 6.45) is -0.556. The summed E-state index contributed by atoms with van der Waals surface area (Å²) in [5.41, 5.74) is 1.87. The van der Waals surface area contributed by atoms with Gasteiger partial charge in [0.15, 0.2) is 0 Å². The summed E-state index contributed by atoms with van der Waals surface area (Å²) >= 11 is 1.67. The summed E-state index contributed by atoms with van der Waals surface area (Å²) < 4.78 is 13.0. The second-order valence-electron chi connectivity index (χ2n) is 9.47. The van der Waals surface area contributed by atoms with Crippen molar-refractivity contribution in [3.63, 3.8) is 0 Å². The van der Waals surface area contributed by atoms with E-state index in [0.29, 0.717) is 24.9 Å². The van der Waals surface area contributed by atoms with Crippen molar-refractivity contribution in [1.82, 2.24) is 25.0 Å². The summed E-state index contributed by atoms with van der Waals surface area (Å²) in [5.74, 6) is 1.91. The van der Waals surface area contributed by atoms with Crippen LogP contribution in [-0.4, -0.2) is 75.5 Å². The van der Waals surface area contributed by atoms with Gasteiger partial charge in [0.05, 0.1) is 21.8 Å². The van der Waals surface area contributed by atoms with Gasteiger partial charge in [0.25, 0.3) is 0 Å². The molecule has 3 heterocycles. The lowest BCUT2D eigenvalue weighted by atomic mass is 10.1. The molecule has 2 aromatic heterocycles. The van der Waals surface area contributed by atoms with Gasteiger partial charge in [-0.2, -0.15) is 0 Å². The number of aliphatic hydroxyl groups excluding tert-OH is 1. The molecule has 5 aromatic rings. The minimum atomic E-state index is -0.556. The molecule has 3 aromatic carbocycles. The standard InChI is InChI=1S/C28H29N5O3S/c1-19-29-25-15-24(8-9-26(25)37-19)35-18-23(34)16-32-10-12-33(13-11-32)17-27-30-31-28(36-27)22-7-6-20-4-2-3-5-21(20)14-22/h2-9,14-15,23,34H,10-13,16-18H2,1H3/t23-/m1/s1. The third-order valence-electron chi connectivity index (χ3n) is 6.66. The van der Waals surface area contributed by atoms with E-state index in [0.717, 1.165) is 58.1 Å². The molecule has 9 heteroatoms. The highest BCUT2D eigenvalue weighted by Crippen LogP contribution is 2.26. The minimum absolute atomic E-state index is 0.258. The maximum atomic E-state index is 10.5. The number of aromatic nitrogens is 3. The van der Waals surface area contributed by atoms with E-state index in [1.165, 1.54) is 5.39 Å². The van der Waals surface area contributed by atoms with E-state index in [1.54, 1.807) is 11.3 Å². The molecule has 6 rings (SSSR count). The molecule has 190 valence electrons. The highest BCUT2D eigenvalue weighted by atomic mass is 32.1. The summed E-state index contributed by atoms with van der Waals surface area (Å²) in [6.45, 7) is 6.95. The van der Waals surface area contributed by atoms with Crippen LogP contribution in [0.15, 0.2) is 65.1 Å². The Morgan fingerprint density at radius 2 is 1.78 bits per heavy atom. The van der Waals surface area contributed by atoms with Crippen molar-refractivity contribution in [2.75, 3.05) is 39.3 Å². The van der Waals surface area contributed by atoms with Crippen LogP contribution in [0.1, 0.15) is 10.9 Å². The number of aryl methyl sites for hydroxylation is 1. The highest BCUT2D eigenvalue weighted by molar-refractivity contribution is 7.18. The van der Waals surface area contributed by atoms with Gasteiger partial charge in [-0.25, -0.2) is 4.98 Å². The van der Waals surface area contributed by atoms with Crippen molar-refractivity contribution in [3.8, 4) is 17.2 Å². The number of benzene rings is 3. The Labute approximate surface area is 219 Å². The van der Waals surface area contributed by atoms with Crippen molar-refractivity contribution < 1.29 is 14.3 Å². The van der Waals surface area contributed by atoms with Crippen molar-refractivity contribution in [3.05, 3.63) is 71.6 Å². The van der Waals surface area contributed by atoms with Crippen LogP contribution in [0.3, 0.4) is 0 Å². The summed E-state index contributed by atoms with van der Waals surface area (Å²) in [7, 11) is 0. The van der Waals surface area contributed by atoms with Gasteiger partial charge in [-0.3, -0.25) is 9.80 Å². The normalized spacial score (nSPS) is 15.9. The zero-order valence-electron chi connectivity index (χ0n) is 20.7. The Balaban J connectivity index is 0.967. The molecule has 8 nitrogen and oxygen atoms in total. The number of hydrogen-bond acceptors (Lipinski definition) is 9. The van der Waals surface area contributed by atoms with Gasteiger partial charge in [-0.1, -0.05) is 30.3 Å². The number of hydrogen-bond donors (Lipinski definition) is 1. The predicted molar refractivity (Wildman–Crippen MR) is 145 cm³/mol. The molecule has 0 spiro atoms. The first kappa shape index (κ1) is 24.0. The lowest BCUT2D eigenvalue weighted by Crippen LogP contribution is -2.48. The SMILES string of the molecule is Cc1nc2cc(OC[C@H](O)CN3CCN(Cc4nnc(-c5ccc6ccccc6c5)o4)CC3)ccc2s1. The van der Waals surface area contributed by atoms with Crippen molar-refractivity contribution in [1.29, 1.82) is 0 Å². The van der Waals surface area contributed by atoms with E-state index in [1.807, 2.05) is 43.3 Å². The smallest absolute Gasteiger partial charge is 0.247 e. The third-order valence-corrected chi connectivity index (χ3v) is 7.62. The van der Waals surface area contributed by atoms with Gasteiger partial charge in [-0.15, -0.1) is 21.5 Å². The molecule has 0 unspecified atom stereocenters. The van der Waals surface area contributed by atoms with E-state index in [2.05, 4.69) is 49.2 Å². The first-order chi connectivity index (χ1) is 18.1. The minimum Gasteiger partial charge on any atom is -0.491 e. The monoisotopic (exact) mass is 515 g/mol. The maximum absolute atomic E-state index is 10.5. The van der Waals surface area contributed by atoms with Crippen molar-refractivity contribution in [2.45, 2.75) is 19.6 Å². The average molecular weight is 516 g/mol. The van der Waals surface area contributed by atoms with Crippen LogP contribution >= 0.6 is 11.3 Å². The van der Waals surface area contributed by atoms with Gasteiger partial charge in [0.1, 0.15) is 18.5 Å². The summed E-state index contributed by atoms with van der Waals surface area (Å²) in [6, 6.07) is 20.3. The van der Waals surface area contributed by atoms with Gasteiger partial charge in [0.2, 0.25) is 11.8 Å². The fraction of sp³-hybridized carbons (Fsp3) is 0.321. The van der Waals surface area contributed by atoms with Crippen LogP contribution in [0.5, 0.6) is 5.75 Å².